The normalized spacial score (nSPS) is 10.1. The van der Waals surface area contributed by atoms with Gasteiger partial charge in [0, 0.05) is 11.6 Å². The standard InChI is InChI=1S/C11H9N5O5/c1-6-4-7(2-3-8(6)15(17)18)21-11-9(16(19)20)10(12)13-5-14-11/h2-5H,1H3,(H2,12,13,14). The van der Waals surface area contributed by atoms with E-state index in [0.717, 1.165) is 6.33 Å². The van der Waals surface area contributed by atoms with E-state index in [2.05, 4.69) is 9.97 Å². The first-order valence-electron chi connectivity index (χ1n) is 5.58. The summed E-state index contributed by atoms with van der Waals surface area (Å²) in [7, 11) is 0. The summed E-state index contributed by atoms with van der Waals surface area (Å²) in [5.41, 5.74) is 5.11. The molecule has 0 fully saturated rings. The topological polar surface area (TPSA) is 147 Å². The number of nitro groups is 2. The second-order valence-corrected chi connectivity index (χ2v) is 3.98. The highest BCUT2D eigenvalue weighted by Crippen LogP contribution is 2.33. The fourth-order valence-corrected chi connectivity index (χ4v) is 1.63. The molecule has 108 valence electrons. The van der Waals surface area contributed by atoms with Crippen LogP contribution >= 0.6 is 0 Å². The van der Waals surface area contributed by atoms with Crippen LogP contribution in [-0.4, -0.2) is 19.8 Å². The smallest absolute Gasteiger partial charge is 0.372 e. The van der Waals surface area contributed by atoms with Crippen LogP contribution in [0.1, 0.15) is 5.56 Å². The van der Waals surface area contributed by atoms with Gasteiger partial charge in [0.1, 0.15) is 12.1 Å². The Morgan fingerprint density at radius 2 is 1.90 bits per heavy atom. The van der Waals surface area contributed by atoms with Gasteiger partial charge in [0.25, 0.3) is 5.69 Å². The van der Waals surface area contributed by atoms with Crippen LogP contribution in [0.5, 0.6) is 11.6 Å². The summed E-state index contributed by atoms with van der Waals surface area (Å²) >= 11 is 0. The molecular weight excluding hydrogens is 282 g/mol. The van der Waals surface area contributed by atoms with E-state index in [1.54, 1.807) is 0 Å². The Kier molecular flexibility index (Phi) is 3.61. The maximum Gasteiger partial charge on any atom is 0.372 e. The Morgan fingerprint density at radius 3 is 2.48 bits per heavy atom. The summed E-state index contributed by atoms with van der Waals surface area (Å²) in [5.74, 6) is -0.497. The van der Waals surface area contributed by atoms with E-state index in [-0.39, 0.29) is 23.1 Å². The highest BCUT2D eigenvalue weighted by atomic mass is 16.6. The van der Waals surface area contributed by atoms with E-state index < -0.39 is 15.5 Å². The zero-order valence-corrected chi connectivity index (χ0v) is 10.7. The van der Waals surface area contributed by atoms with E-state index in [1.165, 1.54) is 25.1 Å². The number of nitro benzene ring substituents is 1. The molecule has 2 rings (SSSR count). The number of nitrogen functional groups attached to an aromatic ring is 1. The van der Waals surface area contributed by atoms with Gasteiger partial charge in [-0.3, -0.25) is 20.2 Å². The van der Waals surface area contributed by atoms with Crippen molar-refractivity contribution in [3.63, 3.8) is 0 Å². The number of rotatable bonds is 4. The lowest BCUT2D eigenvalue weighted by Crippen LogP contribution is -2.02. The molecule has 0 bridgehead atoms. The molecule has 2 N–H and O–H groups in total. The molecule has 1 heterocycles. The lowest BCUT2D eigenvalue weighted by atomic mass is 10.2. The van der Waals surface area contributed by atoms with Crippen LogP contribution in [0, 0.1) is 27.2 Å². The predicted molar refractivity (Wildman–Crippen MR) is 71.0 cm³/mol. The molecule has 1 aromatic heterocycles. The van der Waals surface area contributed by atoms with Gasteiger partial charge in [-0.2, -0.15) is 4.98 Å². The Bertz CT molecular complexity index is 733. The fourth-order valence-electron chi connectivity index (χ4n) is 1.63. The molecule has 0 aliphatic heterocycles. The molecule has 0 spiro atoms. The van der Waals surface area contributed by atoms with Crippen LogP contribution in [0.15, 0.2) is 24.5 Å². The molecule has 0 aliphatic carbocycles. The van der Waals surface area contributed by atoms with E-state index in [1.807, 2.05) is 0 Å². The third kappa shape index (κ3) is 2.83. The van der Waals surface area contributed by atoms with Gasteiger partial charge >= 0.3 is 11.6 Å². The number of nitrogens with two attached hydrogens (primary N) is 1. The molecule has 0 saturated heterocycles. The van der Waals surface area contributed by atoms with Crippen molar-refractivity contribution in [3.05, 3.63) is 50.3 Å². The quantitative estimate of drug-likeness (QED) is 0.663. The van der Waals surface area contributed by atoms with Gasteiger partial charge < -0.3 is 10.5 Å². The maximum atomic E-state index is 10.9. The van der Waals surface area contributed by atoms with Crippen LogP contribution in [0.2, 0.25) is 0 Å². The fraction of sp³-hybridized carbons (Fsp3) is 0.0909. The summed E-state index contributed by atoms with van der Waals surface area (Å²) < 4.78 is 5.27. The molecule has 0 amide bonds. The first-order chi connectivity index (χ1) is 9.90. The van der Waals surface area contributed by atoms with Gasteiger partial charge in [-0.1, -0.05) is 0 Å². The lowest BCUT2D eigenvalue weighted by molar-refractivity contribution is -0.385. The molecule has 0 radical (unpaired) electrons. The molecular formula is C11H9N5O5. The minimum absolute atomic E-state index is 0.0842. The molecule has 2 aromatic rings. The lowest BCUT2D eigenvalue weighted by Gasteiger charge is -2.06. The number of nitrogens with zero attached hydrogens (tertiary/aromatic N) is 4. The minimum Gasteiger partial charge on any atom is -0.434 e. The second kappa shape index (κ2) is 5.36. The van der Waals surface area contributed by atoms with E-state index in [0.29, 0.717) is 5.56 Å². The first kappa shape index (κ1) is 14.1. The van der Waals surface area contributed by atoms with E-state index in [9.17, 15) is 20.2 Å². The summed E-state index contributed by atoms with van der Waals surface area (Å²) in [6, 6.07) is 3.92. The van der Waals surface area contributed by atoms with Crippen molar-refractivity contribution in [2.45, 2.75) is 6.92 Å². The van der Waals surface area contributed by atoms with Gasteiger partial charge in [-0.05, 0) is 19.1 Å². The predicted octanol–water partition coefficient (Wildman–Crippen LogP) is 1.98. The minimum atomic E-state index is -0.761. The largest absolute Gasteiger partial charge is 0.434 e. The van der Waals surface area contributed by atoms with Crippen LogP contribution in [0.25, 0.3) is 0 Å². The van der Waals surface area contributed by atoms with Crippen molar-refractivity contribution in [1.82, 2.24) is 9.97 Å². The molecule has 0 atom stereocenters. The van der Waals surface area contributed by atoms with Crippen molar-refractivity contribution >= 4 is 17.2 Å². The molecule has 0 unspecified atom stereocenters. The molecule has 10 nitrogen and oxygen atoms in total. The number of benzene rings is 1. The summed E-state index contributed by atoms with van der Waals surface area (Å²) in [6.07, 6.45) is 1.02. The molecule has 10 heteroatoms. The monoisotopic (exact) mass is 291 g/mol. The third-order valence-electron chi connectivity index (χ3n) is 2.58. The van der Waals surface area contributed by atoms with Gasteiger partial charge in [-0.25, -0.2) is 4.98 Å². The molecule has 21 heavy (non-hydrogen) atoms. The highest BCUT2D eigenvalue weighted by Gasteiger charge is 2.23. The van der Waals surface area contributed by atoms with Crippen molar-refractivity contribution in [2.24, 2.45) is 0 Å². The number of anilines is 1. The van der Waals surface area contributed by atoms with E-state index >= 15 is 0 Å². The molecule has 1 aromatic carbocycles. The zero-order valence-electron chi connectivity index (χ0n) is 10.7. The van der Waals surface area contributed by atoms with Crippen LogP contribution in [0.3, 0.4) is 0 Å². The molecule has 0 saturated carbocycles. The second-order valence-electron chi connectivity index (χ2n) is 3.98. The average molecular weight is 291 g/mol. The van der Waals surface area contributed by atoms with Gasteiger partial charge in [-0.15, -0.1) is 0 Å². The maximum absolute atomic E-state index is 10.9. The summed E-state index contributed by atoms with van der Waals surface area (Å²) in [5, 5.41) is 21.6. The number of hydrogen-bond donors (Lipinski definition) is 1. The third-order valence-corrected chi connectivity index (χ3v) is 2.58. The van der Waals surface area contributed by atoms with Crippen molar-refractivity contribution in [1.29, 1.82) is 0 Å². The Hall–Kier alpha value is -3.30. The van der Waals surface area contributed by atoms with Crippen LogP contribution < -0.4 is 10.5 Å². The van der Waals surface area contributed by atoms with Crippen LogP contribution in [0.4, 0.5) is 17.2 Å². The Labute approximate surface area is 117 Å². The Balaban J connectivity index is 2.39. The number of aromatic nitrogens is 2. The average Bonchev–Trinajstić information content (AvgIpc) is 2.37. The van der Waals surface area contributed by atoms with Gasteiger partial charge in [0.15, 0.2) is 0 Å². The number of aryl methyl sites for hydroxylation is 1. The SMILES string of the molecule is Cc1cc(Oc2ncnc(N)c2[N+](=O)[O-])ccc1[N+](=O)[O-]. The zero-order chi connectivity index (χ0) is 15.6. The van der Waals surface area contributed by atoms with Gasteiger partial charge in [0.05, 0.1) is 9.85 Å². The highest BCUT2D eigenvalue weighted by molar-refractivity contribution is 5.59. The first-order valence-corrected chi connectivity index (χ1v) is 5.58. The van der Waals surface area contributed by atoms with Crippen molar-refractivity contribution in [2.75, 3.05) is 5.73 Å². The number of hydrogen-bond acceptors (Lipinski definition) is 8. The van der Waals surface area contributed by atoms with Crippen LogP contribution in [-0.2, 0) is 0 Å². The number of ether oxygens (including phenoxy) is 1. The van der Waals surface area contributed by atoms with Crippen molar-refractivity contribution in [3.8, 4) is 11.6 Å². The van der Waals surface area contributed by atoms with E-state index in [4.69, 9.17) is 10.5 Å². The van der Waals surface area contributed by atoms with Crippen molar-refractivity contribution < 1.29 is 14.6 Å². The summed E-state index contributed by atoms with van der Waals surface area (Å²) in [6.45, 7) is 1.52. The summed E-state index contributed by atoms with van der Waals surface area (Å²) in [4.78, 5) is 27.5. The molecule has 0 aliphatic rings. The Morgan fingerprint density at radius 1 is 1.19 bits per heavy atom. The van der Waals surface area contributed by atoms with Gasteiger partial charge in [0.2, 0.25) is 5.82 Å².